The number of aromatic nitrogens is 3. The van der Waals surface area contributed by atoms with E-state index in [4.69, 9.17) is 9.47 Å². The van der Waals surface area contributed by atoms with Gasteiger partial charge in [-0.25, -0.2) is 9.97 Å². The summed E-state index contributed by atoms with van der Waals surface area (Å²) in [4.78, 5) is 24.1. The third-order valence-electron chi connectivity index (χ3n) is 4.80. The van der Waals surface area contributed by atoms with Gasteiger partial charge in [0.2, 0.25) is 5.95 Å². The van der Waals surface area contributed by atoms with E-state index in [0.717, 1.165) is 16.5 Å². The zero-order valence-electron chi connectivity index (χ0n) is 17.1. The van der Waals surface area contributed by atoms with Gasteiger partial charge in [0.1, 0.15) is 17.2 Å². The van der Waals surface area contributed by atoms with Crippen molar-refractivity contribution in [2.45, 2.75) is 6.92 Å². The second kappa shape index (κ2) is 8.23. The topological polar surface area (TPSA) is 112 Å². The van der Waals surface area contributed by atoms with Gasteiger partial charge in [0, 0.05) is 35.5 Å². The van der Waals surface area contributed by atoms with Crippen molar-refractivity contribution >= 4 is 28.4 Å². The highest BCUT2D eigenvalue weighted by Crippen LogP contribution is 2.32. The first kappa shape index (κ1) is 20.0. The highest BCUT2D eigenvalue weighted by Gasteiger charge is 2.17. The number of pyridine rings is 1. The average Bonchev–Trinajstić information content (AvgIpc) is 2.79. The highest BCUT2D eigenvalue weighted by atomic mass is 16.6. The first-order chi connectivity index (χ1) is 15.0. The van der Waals surface area contributed by atoms with Gasteiger partial charge in [-0.3, -0.25) is 10.1 Å². The van der Waals surface area contributed by atoms with Crippen LogP contribution in [0.3, 0.4) is 0 Å². The molecule has 0 aliphatic rings. The first-order valence-electron chi connectivity index (χ1n) is 9.36. The molecule has 1 N–H and O–H groups in total. The molecule has 0 amide bonds. The molecular weight excluding hydrogens is 398 g/mol. The van der Waals surface area contributed by atoms with Crippen molar-refractivity contribution in [3.05, 3.63) is 70.5 Å². The van der Waals surface area contributed by atoms with E-state index in [1.807, 2.05) is 18.2 Å². The number of rotatable bonds is 6. The molecule has 2 aromatic heterocycles. The van der Waals surface area contributed by atoms with Crippen molar-refractivity contribution < 1.29 is 14.4 Å². The molecule has 9 nitrogen and oxygen atoms in total. The summed E-state index contributed by atoms with van der Waals surface area (Å²) in [6, 6.07) is 12.3. The molecule has 0 atom stereocenters. The SMILES string of the molecule is COc1cc(OC)cc(-c2cnc3nc(Nc4c(C)cccc4[N+](=O)[O-])ncc3c2)c1. The number of benzene rings is 2. The largest absolute Gasteiger partial charge is 0.497 e. The highest BCUT2D eigenvalue weighted by molar-refractivity contribution is 5.82. The number of fused-ring (bicyclic) bond motifs is 1. The predicted molar refractivity (Wildman–Crippen MR) is 117 cm³/mol. The number of aryl methyl sites for hydroxylation is 1. The summed E-state index contributed by atoms with van der Waals surface area (Å²) in [7, 11) is 3.19. The Morgan fingerprint density at radius 2 is 1.71 bits per heavy atom. The van der Waals surface area contributed by atoms with Crippen molar-refractivity contribution in [1.29, 1.82) is 0 Å². The summed E-state index contributed by atoms with van der Waals surface area (Å²) < 4.78 is 10.7. The Bertz CT molecular complexity index is 1270. The molecule has 0 radical (unpaired) electrons. The average molecular weight is 417 g/mol. The zero-order valence-corrected chi connectivity index (χ0v) is 17.1. The van der Waals surface area contributed by atoms with Crippen LogP contribution in [0.25, 0.3) is 22.2 Å². The van der Waals surface area contributed by atoms with Crippen LogP contribution in [0.2, 0.25) is 0 Å². The lowest BCUT2D eigenvalue weighted by Gasteiger charge is -2.10. The van der Waals surface area contributed by atoms with Gasteiger partial charge in [0.15, 0.2) is 5.65 Å². The van der Waals surface area contributed by atoms with Crippen LogP contribution in [0.1, 0.15) is 5.56 Å². The van der Waals surface area contributed by atoms with E-state index in [1.54, 1.807) is 51.7 Å². The van der Waals surface area contributed by atoms with E-state index < -0.39 is 4.92 Å². The Morgan fingerprint density at radius 3 is 2.39 bits per heavy atom. The number of hydrogen-bond acceptors (Lipinski definition) is 8. The molecule has 0 saturated carbocycles. The lowest BCUT2D eigenvalue weighted by Crippen LogP contribution is -2.03. The summed E-state index contributed by atoms with van der Waals surface area (Å²) >= 11 is 0. The number of nitrogens with one attached hydrogen (secondary N) is 1. The first-order valence-corrected chi connectivity index (χ1v) is 9.36. The van der Waals surface area contributed by atoms with E-state index in [-0.39, 0.29) is 11.6 Å². The minimum absolute atomic E-state index is 0.0426. The third kappa shape index (κ3) is 4.06. The summed E-state index contributed by atoms with van der Waals surface area (Å²) in [5.74, 6) is 1.57. The van der Waals surface area contributed by atoms with E-state index >= 15 is 0 Å². The van der Waals surface area contributed by atoms with Gasteiger partial charge in [-0.1, -0.05) is 12.1 Å². The number of nitrogens with zero attached hydrogens (tertiary/aromatic N) is 4. The lowest BCUT2D eigenvalue weighted by atomic mass is 10.1. The monoisotopic (exact) mass is 417 g/mol. The third-order valence-corrected chi connectivity index (χ3v) is 4.80. The number of hydrogen-bond donors (Lipinski definition) is 1. The van der Waals surface area contributed by atoms with Crippen LogP contribution in [-0.4, -0.2) is 34.1 Å². The van der Waals surface area contributed by atoms with E-state index in [1.165, 1.54) is 6.07 Å². The van der Waals surface area contributed by atoms with Crippen LogP contribution in [-0.2, 0) is 0 Å². The summed E-state index contributed by atoms with van der Waals surface area (Å²) in [6.45, 7) is 1.78. The molecule has 0 aliphatic heterocycles. The summed E-state index contributed by atoms with van der Waals surface area (Å²) in [6.07, 6.45) is 3.33. The van der Waals surface area contributed by atoms with Gasteiger partial charge >= 0.3 is 0 Å². The number of anilines is 2. The van der Waals surface area contributed by atoms with Gasteiger partial charge in [0.05, 0.1) is 19.1 Å². The minimum Gasteiger partial charge on any atom is -0.497 e. The van der Waals surface area contributed by atoms with Crippen molar-refractivity contribution in [3.8, 4) is 22.6 Å². The Balaban J connectivity index is 1.70. The number of para-hydroxylation sites is 1. The van der Waals surface area contributed by atoms with Gasteiger partial charge in [-0.2, -0.15) is 4.98 Å². The maximum absolute atomic E-state index is 11.3. The van der Waals surface area contributed by atoms with Crippen LogP contribution in [0.4, 0.5) is 17.3 Å². The quantitative estimate of drug-likeness (QED) is 0.356. The van der Waals surface area contributed by atoms with Crippen LogP contribution < -0.4 is 14.8 Å². The molecule has 9 heteroatoms. The molecule has 0 aliphatic carbocycles. The smallest absolute Gasteiger partial charge is 0.293 e. The van der Waals surface area contributed by atoms with Crippen LogP contribution in [0, 0.1) is 17.0 Å². The zero-order chi connectivity index (χ0) is 22.0. The van der Waals surface area contributed by atoms with E-state index in [9.17, 15) is 10.1 Å². The number of nitro benzene ring substituents is 1. The molecule has 4 rings (SSSR count). The predicted octanol–water partition coefficient (Wildman–Crippen LogP) is 4.67. The molecule has 0 unspecified atom stereocenters. The van der Waals surface area contributed by atoms with Crippen LogP contribution >= 0.6 is 0 Å². The molecule has 0 bridgehead atoms. The van der Waals surface area contributed by atoms with Gasteiger partial charge in [-0.15, -0.1) is 0 Å². The van der Waals surface area contributed by atoms with Gasteiger partial charge in [0.25, 0.3) is 5.69 Å². The molecule has 31 heavy (non-hydrogen) atoms. The Labute approximate surface area is 177 Å². The number of ether oxygens (including phenoxy) is 2. The molecule has 156 valence electrons. The second-order valence-corrected chi connectivity index (χ2v) is 6.78. The lowest BCUT2D eigenvalue weighted by molar-refractivity contribution is -0.384. The Kier molecular flexibility index (Phi) is 5.31. The van der Waals surface area contributed by atoms with Crippen molar-refractivity contribution in [2.75, 3.05) is 19.5 Å². The van der Waals surface area contributed by atoms with E-state index in [2.05, 4.69) is 20.3 Å². The van der Waals surface area contributed by atoms with Gasteiger partial charge < -0.3 is 14.8 Å². The molecule has 0 saturated heterocycles. The van der Waals surface area contributed by atoms with Crippen molar-refractivity contribution in [1.82, 2.24) is 15.0 Å². The second-order valence-electron chi connectivity index (χ2n) is 6.78. The van der Waals surface area contributed by atoms with Crippen LogP contribution in [0.5, 0.6) is 11.5 Å². The molecule has 4 aromatic rings. The fourth-order valence-corrected chi connectivity index (χ4v) is 3.19. The molecule has 2 heterocycles. The molecule has 2 aromatic carbocycles. The Hall–Kier alpha value is -4.27. The van der Waals surface area contributed by atoms with Crippen molar-refractivity contribution in [3.63, 3.8) is 0 Å². The maximum Gasteiger partial charge on any atom is 0.293 e. The maximum atomic E-state index is 11.3. The molecular formula is C22H19N5O4. The summed E-state index contributed by atoms with van der Waals surface area (Å²) in [5.41, 5.74) is 3.22. The fourth-order valence-electron chi connectivity index (χ4n) is 3.19. The van der Waals surface area contributed by atoms with Gasteiger partial charge in [-0.05, 0) is 36.2 Å². The van der Waals surface area contributed by atoms with E-state index in [0.29, 0.717) is 28.4 Å². The van der Waals surface area contributed by atoms with Crippen molar-refractivity contribution in [2.24, 2.45) is 0 Å². The molecule has 0 spiro atoms. The normalized spacial score (nSPS) is 10.7. The summed E-state index contributed by atoms with van der Waals surface area (Å²) in [5, 5.41) is 15.0. The number of methoxy groups -OCH3 is 2. The number of nitro groups is 1. The Morgan fingerprint density at radius 1 is 0.968 bits per heavy atom. The standard InChI is InChI=1S/C22H19N5O4/c1-13-5-4-6-19(27(28)29)20(13)25-22-24-12-16-7-15(11-23-21(16)26-22)14-8-17(30-2)10-18(9-14)31-3/h4-12H,1-3H3,(H,23,24,25,26). The van der Waals surface area contributed by atoms with Crippen LogP contribution in [0.15, 0.2) is 54.9 Å². The minimum atomic E-state index is -0.441. The fraction of sp³-hybridized carbons (Fsp3) is 0.136. The molecule has 0 fully saturated rings.